The minimum atomic E-state index is -1.05. The van der Waals surface area contributed by atoms with Crippen LogP contribution in [0.25, 0.3) is 0 Å². The van der Waals surface area contributed by atoms with Gasteiger partial charge in [0.1, 0.15) is 0 Å². The number of amides is 1. The van der Waals surface area contributed by atoms with Crippen LogP contribution in [-0.4, -0.2) is 22.4 Å². The molecular formula is C12H19ClN2O2S. The van der Waals surface area contributed by atoms with Crippen molar-refractivity contribution in [1.82, 2.24) is 0 Å². The van der Waals surface area contributed by atoms with Crippen LogP contribution in [-0.2, 0) is 15.6 Å². The Labute approximate surface area is 116 Å². The maximum atomic E-state index is 11.7. The van der Waals surface area contributed by atoms with Crippen LogP contribution in [0.15, 0.2) is 29.2 Å². The minimum absolute atomic E-state index is 0. The van der Waals surface area contributed by atoms with E-state index in [1.54, 1.807) is 30.5 Å². The summed E-state index contributed by atoms with van der Waals surface area (Å²) in [6, 6.07) is 6.49. The SMILES string of the molecule is CCCC(N)C(=O)Nc1cccc(S(C)=O)c1.Cl. The first-order chi connectivity index (χ1) is 8.04. The fourth-order valence-corrected chi connectivity index (χ4v) is 1.99. The molecule has 0 saturated carbocycles. The van der Waals surface area contributed by atoms with Crippen LogP contribution in [0.3, 0.4) is 0 Å². The molecule has 102 valence electrons. The Balaban J connectivity index is 0.00000289. The van der Waals surface area contributed by atoms with Gasteiger partial charge in [0, 0.05) is 27.6 Å². The van der Waals surface area contributed by atoms with Crippen molar-refractivity contribution in [3.8, 4) is 0 Å². The van der Waals surface area contributed by atoms with Crippen molar-refractivity contribution in [2.24, 2.45) is 5.73 Å². The molecule has 0 fully saturated rings. The maximum Gasteiger partial charge on any atom is 0.241 e. The summed E-state index contributed by atoms with van der Waals surface area (Å²) in [6.45, 7) is 1.98. The van der Waals surface area contributed by atoms with E-state index in [-0.39, 0.29) is 18.3 Å². The fraction of sp³-hybridized carbons (Fsp3) is 0.417. The topological polar surface area (TPSA) is 72.2 Å². The molecule has 18 heavy (non-hydrogen) atoms. The smallest absolute Gasteiger partial charge is 0.241 e. The van der Waals surface area contributed by atoms with Gasteiger partial charge in [-0.2, -0.15) is 0 Å². The van der Waals surface area contributed by atoms with Gasteiger partial charge in [0.25, 0.3) is 0 Å². The Morgan fingerprint density at radius 1 is 1.50 bits per heavy atom. The van der Waals surface area contributed by atoms with E-state index < -0.39 is 16.8 Å². The number of hydrogen-bond donors (Lipinski definition) is 2. The molecule has 0 bridgehead atoms. The second-order valence-electron chi connectivity index (χ2n) is 3.87. The molecule has 2 atom stereocenters. The highest BCUT2D eigenvalue weighted by Gasteiger charge is 2.12. The molecule has 4 nitrogen and oxygen atoms in total. The zero-order valence-electron chi connectivity index (χ0n) is 10.5. The van der Waals surface area contributed by atoms with Gasteiger partial charge in [-0.15, -0.1) is 12.4 Å². The van der Waals surface area contributed by atoms with E-state index in [2.05, 4.69) is 5.32 Å². The van der Waals surface area contributed by atoms with Gasteiger partial charge in [-0.05, 0) is 24.6 Å². The van der Waals surface area contributed by atoms with Crippen molar-refractivity contribution in [2.75, 3.05) is 11.6 Å². The lowest BCUT2D eigenvalue weighted by Gasteiger charge is -2.11. The molecule has 0 radical (unpaired) electrons. The molecule has 0 saturated heterocycles. The van der Waals surface area contributed by atoms with Gasteiger partial charge >= 0.3 is 0 Å². The van der Waals surface area contributed by atoms with Crippen LogP contribution in [0.4, 0.5) is 5.69 Å². The first-order valence-corrected chi connectivity index (χ1v) is 7.10. The first-order valence-electron chi connectivity index (χ1n) is 5.54. The predicted molar refractivity (Wildman–Crippen MR) is 77.5 cm³/mol. The molecule has 1 rings (SSSR count). The van der Waals surface area contributed by atoms with Gasteiger partial charge < -0.3 is 11.1 Å². The molecule has 0 aromatic heterocycles. The summed E-state index contributed by atoms with van der Waals surface area (Å²) in [6.07, 6.45) is 3.13. The van der Waals surface area contributed by atoms with Crippen LogP contribution >= 0.6 is 12.4 Å². The first kappa shape index (κ1) is 17.1. The van der Waals surface area contributed by atoms with Crippen molar-refractivity contribution < 1.29 is 9.00 Å². The summed E-state index contributed by atoms with van der Waals surface area (Å²) in [5, 5.41) is 2.72. The molecule has 1 aromatic rings. The van der Waals surface area contributed by atoms with E-state index in [1.807, 2.05) is 6.92 Å². The monoisotopic (exact) mass is 290 g/mol. The Morgan fingerprint density at radius 2 is 2.17 bits per heavy atom. The van der Waals surface area contributed by atoms with Gasteiger partial charge in [0.05, 0.1) is 6.04 Å². The summed E-state index contributed by atoms with van der Waals surface area (Å²) >= 11 is 0. The highest BCUT2D eigenvalue weighted by molar-refractivity contribution is 7.84. The summed E-state index contributed by atoms with van der Waals surface area (Å²) in [4.78, 5) is 12.4. The standard InChI is InChI=1S/C12H18N2O2S.ClH/c1-3-5-11(13)12(15)14-9-6-4-7-10(8-9)17(2)16;/h4,6-8,11H,3,5,13H2,1-2H3,(H,14,15);1H. The number of nitrogens with one attached hydrogen (secondary N) is 1. The van der Waals surface area contributed by atoms with Crippen molar-refractivity contribution >= 4 is 34.8 Å². The average molecular weight is 291 g/mol. The summed E-state index contributed by atoms with van der Waals surface area (Å²) in [7, 11) is -1.05. The van der Waals surface area contributed by atoms with Gasteiger partial charge in [-0.25, -0.2) is 0 Å². The van der Waals surface area contributed by atoms with E-state index in [0.717, 1.165) is 6.42 Å². The lowest BCUT2D eigenvalue weighted by molar-refractivity contribution is -0.117. The molecule has 1 amide bonds. The normalized spacial score (nSPS) is 13.3. The third-order valence-corrected chi connectivity index (χ3v) is 3.29. The van der Waals surface area contributed by atoms with Crippen molar-refractivity contribution in [3.05, 3.63) is 24.3 Å². The molecule has 1 aromatic carbocycles. The molecule has 2 unspecified atom stereocenters. The minimum Gasteiger partial charge on any atom is -0.325 e. The van der Waals surface area contributed by atoms with Crippen molar-refractivity contribution in [3.63, 3.8) is 0 Å². The predicted octanol–water partition coefficient (Wildman–Crippen LogP) is 1.91. The quantitative estimate of drug-likeness (QED) is 0.870. The Kier molecular flexibility index (Phi) is 7.82. The zero-order chi connectivity index (χ0) is 12.8. The van der Waals surface area contributed by atoms with Gasteiger partial charge in [-0.3, -0.25) is 9.00 Å². The van der Waals surface area contributed by atoms with Crippen LogP contribution in [0, 0.1) is 0 Å². The molecule has 0 aliphatic heterocycles. The lowest BCUT2D eigenvalue weighted by atomic mass is 10.1. The van der Waals surface area contributed by atoms with Crippen LogP contribution in [0.1, 0.15) is 19.8 Å². The summed E-state index contributed by atoms with van der Waals surface area (Å²) < 4.78 is 11.3. The van der Waals surface area contributed by atoms with Crippen LogP contribution in [0.2, 0.25) is 0 Å². The summed E-state index contributed by atoms with van der Waals surface area (Å²) in [5.41, 5.74) is 6.33. The number of rotatable bonds is 5. The highest BCUT2D eigenvalue weighted by atomic mass is 35.5. The molecule has 0 heterocycles. The Morgan fingerprint density at radius 3 is 2.72 bits per heavy atom. The third kappa shape index (κ3) is 5.16. The molecule has 3 N–H and O–H groups in total. The number of hydrogen-bond acceptors (Lipinski definition) is 3. The zero-order valence-corrected chi connectivity index (χ0v) is 12.1. The second-order valence-corrected chi connectivity index (χ2v) is 5.25. The molecular weight excluding hydrogens is 272 g/mol. The summed E-state index contributed by atoms with van der Waals surface area (Å²) in [5.74, 6) is -0.203. The number of carbonyl (C=O) groups is 1. The van der Waals surface area contributed by atoms with Crippen molar-refractivity contribution in [1.29, 1.82) is 0 Å². The van der Waals surface area contributed by atoms with E-state index in [0.29, 0.717) is 17.0 Å². The number of benzene rings is 1. The average Bonchev–Trinajstić information content (AvgIpc) is 2.29. The van der Waals surface area contributed by atoms with E-state index in [1.165, 1.54) is 0 Å². The fourth-order valence-electron chi connectivity index (χ4n) is 1.43. The Bertz CT molecular complexity index is 426. The number of carbonyl (C=O) groups excluding carboxylic acids is 1. The maximum absolute atomic E-state index is 11.7. The molecule has 6 heteroatoms. The second kappa shape index (κ2) is 8.24. The lowest BCUT2D eigenvalue weighted by Crippen LogP contribution is -2.35. The van der Waals surface area contributed by atoms with Crippen molar-refractivity contribution in [2.45, 2.75) is 30.7 Å². The largest absolute Gasteiger partial charge is 0.325 e. The molecule has 0 spiro atoms. The van der Waals surface area contributed by atoms with Crippen LogP contribution in [0.5, 0.6) is 0 Å². The number of anilines is 1. The third-order valence-electron chi connectivity index (χ3n) is 2.37. The Hall–Kier alpha value is -0.910. The van der Waals surface area contributed by atoms with Gasteiger partial charge in [0.2, 0.25) is 5.91 Å². The van der Waals surface area contributed by atoms with Crippen LogP contribution < -0.4 is 11.1 Å². The van der Waals surface area contributed by atoms with E-state index in [9.17, 15) is 9.00 Å². The van der Waals surface area contributed by atoms with E-state index in [4.69, 9.17) is 5.73 Å². The number of nitrogens with two attached hydrogens (primary N) is 1. The number of halogens is 1. The van der Waals surface area contributed by atoms with Gasteiger partial charge in [-0.1, -0.05) is 19.4 Å². The van der Waals surface area contributed by atoms with E-state index >= 15 is 0 Å². The molecule has 0 aliphatic rings. The van der Waals surface area contributed by atoms with Gasteiger partial charge in [0.15, 0.2) is 0 Å². The molecule has 0 aliphatic carbocycles. The highest BCUT2D eigenvalue weighted by Crippen LogP contribution is 2.13.